The van der Waals surface area contributed by atoms with Crippen molar-refractivity contribution in [3.8, 4) is 0 Å². The van der Waals surface area contributed by atoms with E-state index >= 15 is 0 Å². The average molecular weight is 295 g/mol. The van der Waals surface area contributed by atoms with Gasteiger partial charge < -0.3 is 9.84 Å². The third-order valence-corrected chi connectivity index (χ3v) is 3.92. The van der Waals surface area contributed by atoms with Crippen LogP contribution in [0.3, 0.4) is 0 Å². The van der Waals surface area contributed by atoms with Gasteiger partial charge in [0, 0.05) is 6.42 Å². The highest BCUT2D eigenvalue weighted by Gasteiger charge is 2.48. The Bertz CT molecular complexity index is 546. The number of aromatic carboxylic acids is 1. The van der Waals surface area contributed by atoms with Gasteiger partial charge in [-0.15, -0.1) is 5.10 Å². The van der Waals surface area contributed by atoms with Gasteiger partial charge in [0.15, 0.2) is 5.69 Å². The highest BCUT2D eigenvalue weighted by molar-refractivity contribution is 5.86. The van der Waals surface area contributed by atoms with Gasteiger partial charge in [0.05, 0.1) is 22.9 Å². The molecule has 0 aliphatic carbocycles. The van der Waals surface area contributed by atoms with Crippen LogP contribution in [0.2, 0.25) is 0 Å². The number of rotatable bonds is 4. The Morgan fingerprint density at radius 2 is 2.05 bits per heavy atom. The summed E-state index contributed by atoms with van der Waals surface area (Å²) in [7, 11) is 0. The first-order chi connectivity index (χ1) is 9.53. The van der Waals surface area contributed by atoms with Crippen molar-refractivity contribution in [3.63, 3.8) is 0 Å². The summed E-state index contributed by atoms with van der Waals surface area (Å²) in [5.74, 6) is -0.688. The first-order valence-electron chi connectivity index (χ1n) is 7.41. The molecule has 0 saturated carbocycles. The summed E-state index contributed by atoms with van der Waals surface area (Å²) < 4.78 is 7.87. The molecule has 1 aromatic heterocycles. The predicted molar refractivity (Wildman–Crippen MR) is 78.4 cm³/mol. The zero-order valence-corrected chi connectivity index (χ0v) is 13.7. The van der Waals surface area contributed by atoms with Gasteiger partial charge in [-0.25, -0.2) is 9.48 Å². The molecule has 1 aliphatic heterocycles. The van der Waals surface area contributed by atoms with Gasteiger partial charge in [-0.05, 0) is 40.0 Å². The van der Waals surface area contributed by atoms with Crippen LogP contribution in [-0.4, -0.2) is 37.3 Å². The second-order valence-corrected chi connectivity index (χ2v) is 7.42. The molecule has 1 aromatic rings. The number of carboxylic acids is 1. The molecule has 21 heavy (non-hydrogen) atoms. The van der Waals surface area contributed by atoms with Crippen LogP contribution < -0.4 is 0 Å². The molecule has 1 unspecified atom stereocenters. The Labute approximate surface area is 125 Å². The summed E-state index contributed by atoms with van der Waals surface area (Å²) in [5, 5.41) is 17.3. The maximum absolute atomic E-state index is 11.4. The van der Waals surface area contributed by atoms with E-state index in [9.17, 15) is 9.90 Å². The predicted octanol–water partition coefficient (Wildman–Crippen LogP) is 2.69. The Kier molecular flexibility index (Phi) is 3.86. The van der Waals surface area contributed by atoms with Gasteiger partial charge in [0.1, 0.15) is 0 Å². The van der Waals surface area contributed by atoms with Crippen molar-refractivity contribution in [2.24, 2.45) is 5.92 Å². The molecule has 6 nitrogen and oxygen atoms in total. The Morgan fingerprint density at radius 1 is 1.43 bits per heavy atom. The van der Waals surface area contributed by atoms with Crippen LogP contribution in [0.1, 0.15) is 70.2 Å². The molecule has 1 saturated heterocycles. The van der Waals surface area contributed by atoms with Crippen molar-refractivity contribution in [3.05, 3.63) is 11.4 Å². The van der Waals surface area contributed by atoms with E-state index in [1.165, 1.54) is 0 Å². The van der Waals surface area contributed by atoms with E-state index in [-0.39, 0.29) is 17.3 Å². The molecule has 6 heteroatoms. The van der Waals surface area contributed by atoms with E-state index in [1.54, 1.807) is 4.68 Å². The average Bonchev–Trinajstić information content (AvgIpc) is 2.75. The molecule has 2 rings (SSSR count). The molecule has 1 fully saturated rings. The monoisotopic (exact) mass is 295 g/mol. The lowest BCUT2D eigenvalue weighted by atomic mass is 9.93. The maximum Gasteiger partial charge on any atom is 0.358 e. The van der Waals surface area contributed by atoms with Crippen molar-refractivity contribution in [2.75, 3.05) is 0 Å². The van der Waals surface area contributed by atoms with Gasteiger partial charge in [0.2, 0.25) is 0 Å². The number of carbonyl (C=O) groups is 1. The molecule has 1 N–H and O–H groups in total. The summed E-state index contributed by atoms with van der Waals surface area (Å²) in [6.07, 6.45) is 1.43. The van der Waals surface area contributed by atoms with Crippen LogP contribution >= 0.6 is 0 Å². The minimum Gasteiger partial charge on any atom is -0.476 e. The van der Waals surface area contributed by atoms with E-state index in [0.29, 0.717) is 18.0 Å². The van der Waals surface area contributed by atoms with Crippen LogP contribution in [0, 0.1) is 5.92 Å². The molecule has 0 radical (unpaired) electrons. The van der Waals surface area contributed by atoms with Crippen LogP contribution in [-0.2, 0) is 11.2 Å². The zero-order chi connectivity index (χ0) is 16.0. The molecule has 2 heterocycles. The molecule has 0 spiro atoms. The van der Waals surface area contributed by atoms with Crippen molar-refractivity contribution in [1.82, 2.24) is 15.0 Å². The van der Waals surface area contributed by atoms with Crippen molar-refractivity contribution < 1.29 is 14.6 Å². The number of ether oxygens (including phenoxy) is 1. The Hall–Kier alpha value is -1.43. The third-order valence-electron chi connectivity index (χ3n) is 3.92. The molecule has 118 valence electrons. The zero-order valence-electron chi connectivity index (χ0n) is 13.7. The van der Waals surface area contributed by atoms with Gasteiger partial charge in [0.25, 0.3) is 0 Å². The van der Waals surface area contributed by atoms with E-state index in [1.807, 2.05) is 27.7 Å². The second-order valence-electron chi connectivity index (χ2n) is 7.42. The standard InChI is InChI=1S/C15H25N3O3/c1-9(2)7-10-12(13(19)20)16-17-18(10)11-8-14(3,4)21-15(11,5)6/h9,11H,7-8H2,1-6H3,(H,19,20). The Morgan fingerprint density at radius 3 is 2.48 bits per heavy atom. The summed E-state index contributed by atoms with van der Waals surface area (Å²) in [5.41, 5.74) is 0.0956. The first kappa shape index (κ1) is 15.9. The van der Waals surface area contributed by atoms with Gasteiger partial charge >= 0.3 is 5.97 Å². The molecule has 0 bridgehead atoms. The van der Waals surface area contributed by atoms with Gasteiger partial charge in [-0.3, -0.25) is 0 Å². The largest absolute Gasteiger partial charge is 0.476 e. The Balaban J connectivity index is 2.46. The quantitative estimate of drug-likeness (QED) is 0.924. The first-order valence-corrected chi connectivity index (χ1v) is 7.41. The molecule has 1 aliphatic rings. The second kappa shape index (κ2) is 5.09. The van der Waals surface area contributed by atoms with Crippen molar-refractivity contribution in [2.45, 2.75) is 71.6 Å². The van der Waals surface area contributed by atoms with Crippen LogP contribution in [0.4, 0.5) is 0 Å². The summed E-state index contributed by atoms with van der Waals surface area (Å²) >= 11 is 0. The van der Waals surface area contributed by atoms with Crippen molar-refractivity contribution >= 4 is 5.97 Å². The lowest BCUT2D eigenvalue weighted by Gasteiger charge is -2.28. The fourth-order valence-electron chi connectivity index (χ4n) is 3.22. The van der Waals surface area contributed by atoms with E-state index in [2.05, 4.69) is 24.2 Å². The third kappa shape index (κ3) is 3.10. The molecule has 0 aromatic carbocycles. The minimum absolute atomic E-state index is 0.0122. The highest BCUT2D eigenvalue weighted by atomic mass is 16.5. The molecular weight excluding hydrogens is 270 g/mol. The number of hydrogen-bond acceptors (Lipinski definition) is 4. The molecule has 0 amide bonds. The van der Waals surface area contributed by atoms with Gasteiger partial charge in [-0.2, -0.15) is 0 Å². The molecule has 1 atom stereocenters. The topological polar surface area (TPSA) is 77.2 Å². The van der Waals surface area contributed by atoms with Crippen LogP contribution in [0.5, 0.6) is 0 Å². The lowest BCUT2D eigenvalue weighted by Crippen LogP contribution is -2.32. The fraction of sp³-hybridized carbons (Fsp3) is 0.800. The number of hydrogen-bond donors (Lipinski definition) is 1. The summed E-state index contributed by atoms with van der Waals surface area (Å²) in [6, 6.07) is -0.0122. The number of carboxylic acid groups (broad SMARTS) is 1. The van der Waals surface area contributed by atoms with Crippen LogP contribution in [0.15, 0.2) is 0 Å². The van der Waals surface area contributed by atoms with Crippen LogP contribution in [0.25, 0.3) is 0 Å². The lowest BCUT2D eigenvalue weighted by molar-refractivity contribution is -0.0741. The fourth-order valence-corrected chi connectivity index (χ4v) is 3.22. The van der Waals surface area contributed by atoms with E-state index in [0.717, 1.165) is 6.42 Å². The summed E-state index contributed by atoms with van der Waals surface area (Å²) in [6.45, 7) is 12.3. The number of aromatic nitrogens is 3. The normalized spacial score (nSPS) is 23.7. The summed E-state index contributed by atoms with van der Waals surface area (Å²) in [4.78, 5) is 11.4. The van der Waals surface area contributed by atoms with Gasteiger partial charge in [-0.1, -0.05) is 19.1 Å². The minimum atomic E-state index is -1.02. The SMILES string of the molecule is CC(C)Cc1c(C(=O)O)nnn1C1CC(C)(C)OC1(C)C. The molecular formula is C15H25N3O3. The maximum atomic E-state index is 11.4. The number of nitrogens with zero attached hydrogens (tertiary/aromatic N) is 3. The van der Waals surface area contributed by atoms with Crippen molar-refractivity contribution in [1.29, 1.82) is 0 Å². The smallest absolute Gasteiger partial charge is 0.358 e. The highest BCUT2D eigenvalue weighted by Crippen LogP contribution is 2.45. The van der Waals surface area contributed by atoms with E-state index < -0.39 is 11.6 Å². The van der Waals surface area contributed by atoms with E-state index in [4.69, 9.17) is 4.74 Å².